The SMILES string of the molecule is Nc1ccc(C(O)C(=O)N2CCNCC2)cc1. The van der Waals surface area contributed by atoms with Gasteiger partial charge in [0.2, 0.25) is 0 Å². The van der Waals surface area contributed by atoms with Crippen LogP contribution in [0.4, 0.5) is 5.69 Å². The van der Waals surface area contributed by atoms with E-state index in [2.05, 4.69) is 5.32 Å². The first-order valence-electron chi connectivity index (χ1n) is 5.71. The average Bonchev–Trinajstić information content (AvgIpc) is 2.39. The van der Waals surface area contributed by atoms with E-state index in [-0.39, 0.29) is 5.91 Å². The molecule has 0 aliphatic carbocycles. The van der Waals surface area contributed by atoms with Crippen molar-refractivity contribution in [1.82, 2.24) is 10.2 Å². The van der Waals surface area contributed by atoms with Gasteiger partial charge < -0.3 is 21.1 Å². The van der Waals surface area contributed by atoms with Crippen LogP contribution in [-0.2, 0) is 4.79 Å². The largest absolute Gasteiger partial charge is 0.399 e. The monoisotopic (exact) mass is 235 g/mol. The molecular formula is C12H17N3O2. The molecule has 1 unspecified atom stereocenters. The number of rotatable bonds is 2. The molecule has 1 aromatic rings. The summed E-state index contributed by atoms with van der Waals surface area (Å²) in [4.78, 5) is 13.7. The van der Waals surface area contributed by atoms with Crippen molar-refractivity contribution in [2.45, 2.75) is 6.10 Å². The highest BCUT2D eigenvalue weighted by atomic mass is 16.3. The van der Waals surface area contributed by atoms with Crippen LogP contribution in [-0.4, -0.2) is 42.1 Å². The lowest BCUT2D eigenvalue weighted by Crippen LogP contribution is -2.48. The first-order chi connectivity index (χ1) is 8.18. The molecule has 1 heterocycles. The highest BCUT2D eigenvalue weighted by Gasteiger charge is 2.24. The number of hydrogen-bond acceptors (Lipinski definition) is 4. The Kier molecular flexibility index (Phi) is 3.61. The quantitative estimate of drug-likeness (QED) is 0.617. The Labute approximate surface area is 100 Å². The van der Waals surface area contributed by atoms with E-state index in [1.807, 2.05) is 0 Å². The summed E-state index contributed by atoms with van der Waals surface area (Å²) in [5.74, 6) is -0.240. The number of carbonyl (C=O) groups excluding carboxylic acids is 1. The molecular weight excluding hydrogens is 218 g/mol. The lowest BCUT2D eigenvalue weighted by atomic mass is 10.1. The second kappa shape index (κ2) is 5.16. The number of nitrogen functional groups attached to an aromatic ring is 1. The van der Waals surface area contributed by atoms with Gasteiger partial charge in [0, 0.05) is 31.9 Å². The number of nitrogens with one attached hydrogen (secondary N) is 1. The third-order valence-electron chi connectivity index (χ3n) is 2.91. The van der Waals surface area contributed by atoms with E-state index in [9.17, 15) is 9.90 Å². The summed E-state index contributed by atoms with van der Waals surface area (Å²) < 4.78 is 0. The number of carbonyl (C=O) groups is 1. The maximum atomic E-state index is 12.0. The van der Waals surface area contributed by atoms with Crippen molar-refractivity contribution in [3.05, 3.63) is 29.8 Å². The molecule has 1 aliphatic rings. The van der Waals surface area contributed by atoms with E-state index in [0.29, 0.717) is 24.3 Å². The van der Waals surface area contributed by atoms with Gasteiger partial charge in [-0.25, -0.2) is 0 Å². The van der Waals surface area contributed by atoms with Crippen molar-refractivity contribution < 1.29 is 9.90 Å². The van der Waals surface area contributed by atoms with Gasteiger partial charge in [-0.3, -0.25) is 4.79 Å². The fourth-order valence-corrected chi connectivity index (χ4v) is 1.88. The number of aliphatic hydroxyl groups excluding tert-OH is 1. The molecule has 0 bridgehead atoms. The van der Waals surface area contributed by atoms with Gasteiger partial charge in [0.15, 0.2) is 6.10 Å². The molecule has 1 saturated heterocycles. The molecule has 0 spiro atoms. The van der Waals surface area contributed by atoms with E-state index in [1.165, 1.54) is 0 Å². The Balaban J connectivity index is 2.05. The Morgan fingerprint density at radius 1 is 1.29 bits per heavy atom. The van der Waals surface area contributed by atoms with Gasteiger partial charge >= 0.3 is 0 Å². The van der Waals surface area contributed by atoms with Gasteiger partial charge in [-0.2, -0.15) is 0 Å². The molecule has 92 valence electrons. The summed E-state index contributed by atoms with van der Waals surface area (Å²) in [6.45, 7) is 2.84. The fourth-order valence-electron chi connectivity index (χ4n) is 1.88. The van der Waals surface area contributed by atoms with E-state index in [1.54, 1.807) is 29.2 Å². The maximum Gasteiger partial charge on any atom is 0.256 e. The van der Waals surface area contributed by atoms with Crippen molar-refractivity contribution >= 4 is 11.6 Å². The van der Waals surface area contributed by atoms with Crippen LogP contribution in [0.2, 0.25) is 0 Å². The van der Waals surface area contributed by atoms with Crippen LogP contribution in [0.15, 0.2) is 24.3 Å². The summed E-state index contributed by atoms with van der Waals surface area (Å²) in [6, 6.07) is 6.73. The Bertz CT molecular complexity index is 385. The molecule has 0 radical (unpaired) electrons. The zero-order chi connectivity index (χ0) is 12.3. The molecule has 5 nitrogen and oxygen atoms in total. The van der Waals surface area contributed by atoms with E-state index in [4.69, 9.17) is 5.73 Å². The van der Waals surface area contributed by atoms with Crippen molar-refractivity contribution in [1.29, 1.82) is 0 Å². The summed E-state index contributed by atoms with van der Waals surface area (Å²) in [5.41, 5.74) is 6.77. The van der Waals surface area contributed by atoms with Gasteiger partial charge in [0.05, 0.1) is 0 Å². The van der Waals surface area contributed by atoms with Crippen LogP contribution in [0, 0.1) is 0 Å². The molecule has 4 N–H and O–H groups in total. The zero-order valence-electron chi connectivity index (χ0n) is 9.60. The van der Waals surface area contributed by atoms with Gasteiger partial charge in [-0.15, -0.1) is 0 Å². The predicted octanol–water partition coefficient (Wildman–Crippen LogP) is -0.266. The normalized spacial score (nSPS) is 17.8. The minimum Gasteiger partial charge on any atom is -0.399 e. The van der Waals surface area contributed by atoms with Gasteiger partial charge in [0.25, 0.3) is 5.91 Å². The molecule has 1 aromatic carbocycles. The Morgan fingerprint density at radius 3 is 2.47 bits per heavy atom. The highest BCUT2D eigenvalue weighted by Crippen LogP contribution is 2.17. The summed E-state index contributed by atoms with van der Waals surface area (Å²) in [7, 11) is 0. The van der Waals surface area contributed by atoms with Crippen molar-refractivity contribution in [3.63, 3.8) is 0 Å². The minimum atomic E-state index is -1.09. The van der Waals surface area contributed by atoms with Gasteiger partial charge in [-0.05, 0) is 17.7 Å². The number of piperazine rings is 1. The van der Waals surface area contributed by atoms with Crippen LogP contribution in [0.1, 0.15) is 11.7 Å². The lowest BCUT2D eigenvalue weighted by Gasteiger charge is -2.29. The zero-order valence-corrected chi connectivity index (χ0v) is 9.60. The summed E-state index contributed by atoms with van der Waals surface area (Å²) >= 11 is 0. The number of nitrogens with two attached hydrogens (primary N) is 1. The Morgan fingerprint density at radius 2 is 1.88 bits per heavy atom. The van der Waals surface area contributed by atoms with Crippen LogP contribution >= 0.6 is 0 Å². The van der Waals surface area contributed by atoms with E-state index in [0.717, 1.165) is 13.1 Å². The molecule has 1 amide bonds. The fraction of sp³-hybridized carbons (Fsp3) is 0.417. The summed E-state index contributed by atoms with van der Waals surface area (Å²) in [6.07, 6.45) is -1.09. The van der Waals surface area contributed by atoms with E-state index >= 15 is 0 Å². The first kappa shape index (κ1) is 11.9. The molecule has 1 atom stereocenters. The standard InChI is InChI=1S/C12H17N3O2/c13-10-3-1-9(2-4-10)11(16)12(17)15-7-5-14-6-8-15/h1-4,11,14,16H,5-8,13H2. The Hall–Kier alpha value is -1.59. The summed E-state index contributed by atoms with van der Waals surface area (Å²) in [5, 5.41) is 13.1. The average molecular weight is 235 g/mol. The number of aliphatic hydroxyl groups is 1. The van der Waals surface area contributed by atoms with Crippen LogP contribution in [0.25, 0.3) is 0 Å². The maximum absolute atomic E-state index is 12.0. The second-order valence-electron chi connectivity index (χ2n) is 4.14. The molecule has 1 aliphatic heterocycles. The highest BCUT2D eigenvalue weighted by molar-refractivity contribution is 5.82. The van der Waals surface area contributed by atoms with Crippen LogP contribution < -0.4 is 11.1 Å². The molecule has 17 heavy (non-hydrogen) atoms. The van der Waals surface area contributed by atoms with Crippen molar-refractivity contribution in [3.8, 4) is 0 Å². The third-order valence-corrected chi connectivity index (χ3v) is 2.91. The molecule has 1 fully saturated rings. The topological polar surface area (TPSA) is 78.6 Å². The van der Waals surface area contributed by atoms with Crippen LogP contribution in [0.5, 0.6) is 0 Å². The number of hydrogen-bond donors (Lipinski definition) is 3. The predicted molar refractivity (Wildman–Crippen MR) is 65.3 cm³/mol. The number of anilines is 1. The molecule has 5 heteroatoms. The number of nitrogens with zero attached hydrogens (tertiary/aromatic N) is 1. The van der Waals surface area contributed by atoms with Crippen molar-refractivity contribution in [2.75, 3.05) is 31.9 Å². The third kappa shape index (κ3) is 2.75. The van der Waals surface area contributed by atoms with E-state index < -0.39 is 6.10 Å². The molecule has 2 rings (SSSR count). The van der Waals surface area contributed by atoms with Crippen molar-refractivity contribution in [2.24, 2.45) is 0 Å². The lowest BCUT2D eigenvalue weighted by molar-refractivity contribution is -0.141. The minimum absolute atomic E-state index is 0.240. The molecule has 0 saturated carbocycles. The van der Waals surface area contributed by atoms with Gasteiger partial charge in [-0.1, -0.05) is 12.1 Å². The number of benzene rings is 1. The second-order valence-corrected chi connectivity index (χ2v) is 4.14. The van der Waals surface area contributed by atoms with Crippen LogP contribution in [0.3, 0.4) is 0 Å². The smallest absolute Gasteiger partial charge is 0.256 e. The van der Waals surface area contributed by atoms with Gasteiger partial charge in [0.1, 0.15) is 0 Å². The number of amides is 1. The molecule has 0 aromatic heterocycles. The first-order valence-corrected chi connectivity index (χ1v) is 5.71.